The average Bonchev–Trinajstić information content (AvgIpc) is 3.53. The average molecular weight is 905 g/mol. The van der Waals surface area contributed by atoms with Crippen molar-refractivity contribution in [2.45, 2.75) is 151 Å². The number of aromatic nitrogens is 3. The van der Waals surface area contributed by atoms with E-state index in [1.165, 1.54) is 18.2 Å². The first-order valence-electron chi connectivity index (χ1n) is 24.6. The van der Waals surface area contributed by atoms with Gasteiger partial charge in [-0.05, 0) is 131 Å². The van der Waals surface area contributed by atoms with Crippen LogP contribution in [0.15, 0.2) is 29.6 Å². The predicted octanol–water partition coefficient (Wildman–Crippen LogP) is 8.97. The minimum atomic E-state index is -1.37. The van der Waals surface area contributed by atoms with Crippen LogP contribution in [0, 0.1) is 50.4 Å². The summed E-state index contributed by atoms with van der Waals surface area (Å²) in [5, 5.41) is 27.1. The first-order chi connectivity index (χ1) is 31.6. The molecule has 1 aliphatic carbocycles. The largest absolute Gasteiger partial charge is 0.461 e. The lowest BCUT2D eigenvalue weighted by Crippen LogP contribution is -2.29. The second-order valence-corrected chi connectivity index (χ2v) is 20.2. The van der Waals surface area contributed by atoms with Gasteiger partial charge in [0, 0.05) is 81.2 Å². The number of carbonyl (C=O) groups is 2. The molecule has 0 spiro atoms. The summed E-state index contributed by atoms with van der Waals surface area (Å²) in [6.45, 7) is 23.9. The number of hydrogen-bond acceptors (Lipinski definition) is 8. The van der Waals surface area contributed by atoms with E-state index in [1.807, 2.05) is 19.1 Å². The molecule has 4 aliphatic rings. The lowest BCUT2D eigenvalue weighted by atomic mass is 9.84. The van der Waals surface area contributed by atoms with Crippen LogP contribution in [-0.2, 0) is 25.4 Å². The van der Waals surface area contributed by atoms with Crippen LogP contribution in [0.3, 0.4) is 0 Å². The Kier molecular flexibility index (Phi) is 15.4. The number of ketones is 1. The summed E-state index contributed by atoms with van der Waals surface area (Å²) < 4.78 is 17.3. The Hall–Kier alpha value is -4.68. The number of fused-ring (bicyclic) bond motifs is 7. The molecule has 0 amide bonds. The topological polar surface area (TPSA) is 165 Å². The fraction of sp³-hybridized carbons (Fsp3) is 0.564. The number of hydrogen-bond donors (Lipinski definition) is 6. The zero-order chi connectivity index (χ0) is 47.6. The third kappa shape index (κ3) is 9.96. The molecule has 0 radical (unpaired) electrons. The van der Waals surface area contributed by atoms with Gasteiger partial charge in [-0.25, -0.2) is 0 Å². The molecule has 11 nitrogen and oxygen atoms in total. The molecule has 66 heavy (non-hydrogen) atoms. The Morgan fingerprint density at radius 1 is 0.955 bits per heavy atom. The zero-order valence-corrected chi connectivity index (χ0v) is 41.3. The number of carbonyl (C=O) groups excluding carboxylic acids is 2. The maximum atomic E-state index is 14.5. The zero-order valence-electron chi connectivity index (χ0n) is 41.3. The van der Waals surface area contributed by atoms with Crippen molar-refractivity contribution in [2.24, 2.45) is 29.6 Å². The van der Waals surface area contributed by atoms with Crippen molar-refractivity contribution in [2.75, 3.05) is 20.3 Å². The molecule has 1 unspecified atom stereocenters. The summed E-state index contributed by atoms with van der Waals surface area (Å²) >= 11 is 0. The minimum Gasteiger partial charge on any atom is -0.461 e. The number of methoxy groups -OCH3 is 1. The van der Waals surface area contributed by atoms with Gasteiger partial charge in [0.05, 0.1) is 18.4 Å². The van der Waals surface area contributed by atoms with Gasteiger partial charge >= 0.3 is 5.97 Å². The van der Waals surface area contributed by atoms with Crippen LogP contribution < -0.4 is 16.0 Å². The molecule has 6 N–H and O–H groups in total. The van der Waals surface area contributed by atoms with E-state index >= 15 is 0 Å². The second-order valence-electron chi connectivity index (χ2n) is 20.2. The number of aliphatic hydroxyl groups is 2. The van der Waals surface area contributed by atoms with Gasteiger partial charge in [-0.1, -0.05) is 72.1 Å². The number of aliphatic hydroxyl groups excluding tert-OH is 2. The van der Waals surface area contributed by atoms with Gasteiger partial charge in [-0.2, -0.15) is 0 Å². The predicted molar refractivity (Wildman–Crippen MR) is 264 cm³/mol. The van der Waals surface area contributed by atoms with Crippen LogP contribution in [0.2, 0.25) is 0 Å². The smallest absolute Gasteiger partial charge is 0.306 e. The van der Waals surface area contributed by atoms with Crippen molar-refractivity contribution >= 4 is 41.6 Å². The van der Waals surface area contributed by atoms with Crippen LogP contribution in [0.4, 0.5) is 0 Å². The number of epoxide rings is 1. The molecule has 0 aromatic carbocycles. The Labute approximate surface area is 392 Å². The van der Waals surface area contributed by atoms with Crippen molar-refractivity contribution in [1.82, 2.24) is 20.3 Å². The molecular weight excluding hydrogens is 829 g/mol. The maximum Gasteiger partial charge on any atom is 0.306 e. The summed E-state index contributed by atoms with van der Waals surface area (Å²) in [7, 11) is 1.42. The third-order valence-electron chi connectivity index (χ3n) is 15.3. The molecule has 3 aromatic heterocycles. The van der Waals surface area contributed by atoms with Crippen molar-refractivity contribution in [3.8, 4) is 0 Å². The van der Waals surface area contributed by atoms with Crippen molar-refractivity contribution in [3.63, 3.8) is 0 Å². The molecular formula is C55H76N4O7. The number of esters is 1. The highest BCUT2D eigenvalue weighted by Gasteiger charge is 2.54. The van der Waals surface area contributed by atoms with Gasteiger partial charge < -0.3 is 44.7 Å². The molecule has 2 saturated heterocycles. The number of aromatic amines is 3. The van der Waals surface area contributed by atoms with Crippen LogP contribution in [0.25, 0.3) is 29.9 Å². The van der Waals surface area contributed by atoms with Crippen LogP contribution in [0.5, 0.6) is 0 Å². The van der Waals surface area contributed by atoms with E-state index in [0.29, 0.717) is 35.1 Å². The van der Waals surface area contributed by atoms with Gasteiger partial charge in [0.15, 0.2) is 12.1 Å². The third-order valence-corrected chi connectivity index (χ3v) is 15.3. The molecule has 8 bridgehead atoms. The molecule has 3 aromatic rings. The maximum absolute atomic E-state index is 14.5. The summed E-state index contributed by atoms with van der Waals surface area (Å²) in [6, 6.07) is 0. The standard InChI is InChI=1S/C55H76N4O7/c1-12-37-33(7)40-26-42-35(9)39(20-22-47(61)65-25-23-32(6)17-14-16-31(5)18-15-24-55(29-60)46(66-55)21-19-30(3)4)51(58-42)49-50(54(63)64-11)53(62)48-36(10)43(59-52(48)49)28-45-38(13-2)34(8)41(57-45)27-44(37)56-40/h12,23,26-28,30-31,35,39,46,50,54,56-60,63H,1,13-22,24-25,29H2,2-11H3/b32-23+,41-27-,42-26-,45-28-,51-49-/t31-,35-,39-,46-,50+,54?,55-/m0/s1. The number of rotatable bonds is 21. The van der Waals surface area contributed by atoms with Gasteiger partial charge in [-0.3, -0.25) is 9.59 Å². The second kappa shape index (κ2) is 20.7. The molecule has 2 fully saturated rings. The molecule has 0 saturated carbocycles. The molecule has 11 heteroatoms. The van der Waals surface area contributed by atoms with Gasteiger partial charge in [0.1, 0.15) is 18.1 Å². The number of allylic oxidation sites excluding steroid dienone is 3. The van der Waals surface area contributed by atoms with E-state index in [4.69, 9.17) is 14.2 Å². The Bertz CT molecular complexity index is 2530. The highest BCUT2D eigenvalue weighted by atomic mass is 16.6. The van der Waals surface area contributed by atoms with E-state index < -0.39 is 12.2 Å². The summed E-state index contributed by atoms with van der Waals surface area (Å²) in [6.07, 6.45) is 19.0. The number of Topliss-reactive ketones (excluding diaryl/α,β-unsaturated/α-hetero) is 1. The molecule has 6 heterocycles. The van der Waals surface area contributed by atoms with E-state index in [1.54, 1.807) is 0 Å². The molecule has 3 aliphatic heterocycles. The van der Waals surface area contributed by atoms with Crippen LogP contribution >= 0.6 is 0 Å². The first-order valence-corrected chi connectivity index (χ1v) is 24.6. The molecule has 7 rings (SSSR count). The SMILES string of the molecule is C=Cc1c2[nH]c(c1C)/C=C1\N/C(=C3\c4[nH]c(c(C)c4C(=O)[C@@H]3C(O)OC)/C=c3\[nH]/c(c(C)c3CC)=C\2)[C@@H](CCC(=O)OC/C=C(\C)CCC[C@H](C)CCC[C@@]2(CO)O[C@H]2CCC(C)C)[C@@H]1C. The summed E-state index contributed by atoms with van der Waals surface area (Å²) in [4.78, 5) is 38.9. The van der Waals surface area contributed by atoms with Crippen molar-refractivity contribution < 1.29 is 34.0 Å². The summed E-state index contributed by atoms with van der Waals surface area (Å²) in [5.74, 6) is -0.474. The van der Waals surface area contributed by atoms with Crippen LogP contribution in [0.1, 0.15) is 167 Å². The molecule has 7 atom stereocenters. The van der Waals surface area contributed by atoms with Gasteiger partial charge in [0.25, 0.3) is 0 Å². The highest BCUT2D eigenvalue weighted by Crippen LogP contribution is 2.49. The Morgan fingerprint density at radius 3 is 2.38 bits per heavy atom. The van der Waals surface area contributed by atoms with E-state index in [0.717, 1.165) is 119 Å². The number of ether oxygens (including phenoxy) is 3. The first kappa shape index (κ1) is 49.2. The number of H-pyrrole nitrogens is 3. The normalized spacial score (nSPS) is 26.0. The lowest BCUT2D eigenvalue weighted by Gasteiger charge is -2.23. The van der Waals surface area contributed by atoms with E-state index in [9.17, 15) is 19.8 Å². The fourth-order valence-electron chi connectivity index (χ4n) is 10.9. The van der Waals surface area contributed by atoms with Crippen molar-refractivity contribution in [3.05, 3.63) is 96.5 Å². The summed E-state index contributed by atoms with van der Waals surface area (Å²) in [5.41, 5.74) is 12.5. The van der Waals surface area contributed by atoms with Gasteiger partial charge in [0.2, 0.25) is 0 Å². The fourth-order valence-corrected chi connectivity index (χ4v) is 10.9. The lowest BCUT2D eigenvalue weighted by molar-refractivity contribution is -0.142. The van der Waals surface area contributed by atoms with E-state index in [2.05, 4.69) is 100 Å². The quantitative estimate of drug-likeness (QED) is 0.0267. The van der Waals surface area contributed by atoms with Crippen LogP contribution in [-0.4, -0.2) is 75.2 Å². The van der Waals surface area contributed by atoms with Gasteiger partial charge in [-0.15, -0.1) is 0 Å². The number of nitrogens with one attached hydrogen (secondary N) is 4. The monoisotopic (exact) mass is 905 g/mol. The Balaban J connectivity index is 1.07. The van der Waals surface area contributed by atoms with E-state index in [-0.39, 0.29) is 54.9 Å². The molecule has 358 valence electrons. The minimum absolute atomic E-state index is 0.0752. The highest BCUT2D eigenvalue weighted by molar-refractivity contribution is 6.15. The Morgan fingerprint density at radius 2 is 1.68 bits per heavy atom. The van der Waals surface area contributed by atoms with Crippen molar-refractivity contribution in [1.29, 1.82) is 0 Å².